The molecule has 17 heavy (non-hydrogen) atoms. The number of hydrogen-bond acceptors (Lipinski definition) is 5. The third-order valence-corrected chi connectivity index (χ3v) is 2.20. The van der Waals surface area contributed by atoms with Crippen LogP contribution >= 0.6 is 0 Å². The van der Waals surface area contributed by atoms with E-state index in [1.54, 1.807) is 0 Å². The number of rotatable bonds is 9. The van der Waals surface area contributed by atoms with E-state index < -0.39 is 12.0 Å². The van der Waals surface area contributed by atoms with Gasteiger partial charge in [0.2, 0.25) is 5.91 Å². The Morgan fingerprint density at radius 2 is 2.06 bits per heavy atom. The SMILES string of the molecule is COCC(CNC(=O)C(N)CCC(=O)O)OC. The molecule has 2 atom stereocenters. The van der Waals surface area contributed by atoms with Gasteiger partial charge in [-0.05, 0) is 6.42 Å². The molecule has 0 bridgehead atoms. The molecule has 0 aromatic carbocycles. The van der Waals surface area contributed by atoms with E-state index in [2.05, 4.69) is 5.32 Å². The van der Waals surface area contributed by atoms with Crippen molar-refractivity contribution in [2.75, 3.05) is 27.4 Å². The Labute approximate surface area is 100 Å². The van der Waals surface area contributed by atoms with Crippen LogP contribution in [0.2, 0.25) is 0 Å². The van der Waals surface area contributed by atoms with E-state index in [4.69, 9.17) is 20.3 Å². The van der Waals surface area contributed by atoms with E-state index in [1.165, 1.54) is 14.2 Å². The van der Waals surface area contributed by atoms with Crippen LogP contribution in [-0.2, 0) is 19.1 Å². The van der Waals surface area contributed by atoms with Gasteiger partial charge < -0.3 is 25.6 Å². The summed E-state index contributed by atoms with van der Waals surface area (Å²) < 4.78 is 9.93. The molecular formula is C10H20N2O5. The van der Waals surface area contributed by atoms with E-state index in [-0.39, 0.29) is 31.4 Å². The first-order valence-electron chi connectivity index (χ1n) is 5.28. The zero-order chi connectivity index (χ0) is 13.3. The molecule has 0 aromatic heterocycles. The van der Waals surface area contributed by atoms with E-state index in [0.29, 0.717) is 6.61 Å². The largest absolute Gasteiger partial charge is 0.481 e. The molecule has 100 valence electrons. The number of carbonyl (C=O) groups excluding carboxylic acids is 1. The lowest BCUT2D eigenvalue weighted by atomic mass is 10.1. The van der Waals surface area contributed by atoms with Gasteiger partial charge in [-0.1, -0.05) is 0 Å². The van der Waals surface area contributed by atoms with Crippen molar-refractivity contribution in [3.8, 4) is 0 Å². The van der Waals surface area contributed by atoms with Crippen molar-refractivity contribution in [2.24, 2.45) is 5.73 Å². The number of nitrogens with two attached hydrogens (primary N) is 1. The highest BCUT2D eigenvalue weighted by Gasteiger charge is 2.16. The predicted molar refractivity (Wildman–Crippen MR) is 60.5 cm³/mol. The van der Waals surface area contributed by atoms with Gasteiger partial charge in [-0.15, -0.1) is 0 Å². The number of amides is 1. The van der Waals surface area contributed by atoms with Gasteiger partial charge in [-0.25, -0.2) is 0 Å². The standard InChI is InChI=1S/C10H20N2O5/c1-16-6-7(17-2)5-12-10(15)8(11)3-4-9(13)14/h7-8H,3-6,11H2,1-2H3,(H,12,15)(H,13,14). The number of aliphatic carboxylic acids is 1. The lowest BCUT2D eigenvalue weighted by molar-refractivity contribution is -0.137. The van der Waals surface area contributed by atoms with Crippen LogP contribution in [0.4, 0.5) is 0 Å². The van der Waals surface area contributed by atoms with Crippen molar-refractivity contribution in [1.82, 2.24) is 5.32 Å². The van der Waals surface area contributed by atoms with Crippen LogP contribution in [0.3, 0.4) is 0 Å². The zero-order valence-electron chi connectivity index (χ0n) is 10.1. The minimum absolute atomic E-state index is 0.114. The highest BCUT2D eigenvalue weighted by Crippen LogP contribution is 1.95. The Morgan fingerprint density at radius 1 is 1.41 bits per heavy atom. The van der Waals surface area contributed by atoms with Crippen molar-refractivity contribution in [3.05, 3.63) is 0 Å². The summed E-state index contributed by atoms with van der Waals surface area (Å²) in [6.07, 6.45) is -0.251. The van der Waals surface area contributed by atoms with Crippen LogP contribution in [-0.4, -0.2) is 56.5 Å². The Balaban J connectivity index is 3.86. The molecule has 2 unspecified atom stereocenters. The number of hydrogen-bond donors (Lipinski definition) is 3. The van der Waals surface area contributed by atoms with Crippen molar-refractivity contribution < 1.29 is 24.2 Å². The van der Waals surface area contributed by atoms with Crippen LogP contribution in [0.15, 0.2) is 0 Å². The molecule has 0 rings (SSSR count). The van der Waals surface area contributed by atoms with Gasteiger partial charge in [-0.3, -0.25) is 9.59 Å². The fraction of sp³-hybridized carbons (Fsp3) is 0.800. The number of carboxylic acids is 1. The van der Waals surface area contributed by atoms with E-state index in [9.17, 15) is 9.59 Å². The Hall–Kier alpha value is -1.18. The van der Waals surface area contributed by atoms with E-state index >= 15 is 0 Å². The normalized spacial score (nSPS) is 14.1. The summed E-state index contributed by atoms with van der Waals surface area (Å²) in [4.78, 5) is 21.8. The average Bonchev–Trinajstić information content (AvgIpc) is 2.30. The van der Waals surface area contributed by atoms with Crippen LogP contribution < -0.4 is 11.1 Å². The quantitative estimate of drug-likeness (QED) is 0.480. The van der Waals surface area contributed by atoms with Crippen molar-refractivity contribution in [2.45, 2.75) is 25.0 Å². The summed E-state index contributed by atoms with van der Waals surface area (Å²) in [5.41, 5.74) is 5.52. The fourth-order valence-electron chi connectivity index (χ4n) is 1.15. The average molecular weight is 248 g/mol. The van der Waals surface area contributed by atoms with E-state index in [1.807, 2.05) is 0 Å². The first kappa shape index (κ1) is 15.8. The number of carbonyl (C=O) groups is 2. The smallest absolute Gasteiger partial charge is 0.303 e. The van der Waals surface area contributed by atoms with Gasteiger partial charge >= 0.3 is 5.97 Å². The molecule has 7 heteroatoms. The Bertz CT molecular complexity index is 247. The number of ether oxygens (including phenoxy) is 2. The van der Waals surface area contributed by atoms with Gasteiger partial charge in [-0.2, -0.15) is 0 Å². The van der Waals surface area contributed by atoms with Crippen LogP contribution in [0.25, 0.3) is 0 Å². The van der Waals surface area contributed by atoms with Gasteiger partial charge in [0.15, 0.2) is 0 Å². The molecule has 0 aliphatic heterocycles. The molecule has 0 saturated heterocycles. The maximum atomic E-state index is 11.5. The molecule has 0 radical (unpaired) electrons. The topological polar surface area (TPSA) is 111 Å². The minimum Gasteiger partial charge on any atom is -0.481 e. The fourth-order valence-corrected chi connectivity index (χ4v) is 1.15. The number of carboxylic acid groups (broad SMARTS) is 1. The maximum absolute atomic E-state index is 11.5. The molecule has 0 aromatic rings. The van der Waals surface area contributed by atoms with Gasteiger partial charge in [0.1, 0.15) is 0 Å². The molecule has 0 heterocycles. The summed E-state index contributed by atoms with van der Waals surface area (Å²) in [6.45, 7) is 0.644. The molecule has 1 amide bonds. The predicted octanol–water partition coefficient (Wildman–Crippen LogP) is -1.04. The summed E-state index contributed by atoms with van der Waals surface area (Å²) in [5.74, 6) is -1.35. The van der Waals surface area contributed by atoms with Gasteiger partial charge in [0.05, 0.1) is 18.8 Å². The molecule has 0 aliphatic carbocycles. The third-order valence-electron chi connectivity index (χ3n) is 2.20. The van der Waals surface area contributed by atoms with E-state index in [0.717, 1.165) is 0 Å². The Kier molecular flexibility index (Phi) is 8.29. The second-order valence-corrected chi connectivity index (χ2v) is 3.60. The lowest BCUT2D eigenvalue weighted by Gasteiger charge is -2.17. The molecule has 0 spiro atoms. The van der Waals surface area contributed by atoms with Crippen molar-refractivity contribution in [3.63, 3.8) is 0 Å². The molecule has 0 fully saturated rings. The van der Waals surface area contributed by atoms with Crippen LogP contribution in [0.5, 0.6) is 0 Å². The summed E-state index contributed by atoms with van der Waals surface area (Å²) in [7, 11) is 3.05. The van der Waals surface area contributed by atoms with Crippen molar-refractivity contribution >= 4 is 11.9 Å². The molecule has 0 aliphatic rings. The third kappa shape index (κ3) is 7.67. The maximum Gasteiger partial charge on any atom is 0.303 e. The van der Waals surface area contributed by atoms with Crippen molar-refractivity contribution in [1.29, 1.82) is 0 Å². The highest BCUT2D eigenvalue weighted by molar-refractivity contribution is 5.82. The first-order valence-corrected chi connectivity index (χ1v) is 5.28. The summed E-state index contributed by atoms with van der Waals surface area (Å²) in [5, 5.41) is 11.0. The second kappa shape index (κ2) is 8.91. The molecule has 7 nitrogen and oxygen atoms in total. The zero-order valence-corrected chi connectivity index (χ0v) is 10.1. The molecule has 0 saturated carbocycles. The lowest BCUT2D eigenvalue weighted by Crippen LogP contribution is -2.44. The monoisotopic (exact) mass is 248 g/mol. The first-order chi connectivity index (χ1) is 8.01. The summed E-state index contributed by atoms with van der Waals surface area (Å²) in [6, 6.07) is -0.814. The van der Waals surface area contributed by atoms with Crippen LogP contribution in [0, 0.1) is 0 Å². The number of nitrogens with one attached hydrogen (secondary N) is 1. The van der Waals surface area contributed by atoms with Gasteiger partial charge in [0, 0.05) is 27.2 Å². The summed E-state index contributed by atoms with van der Waals surface area (Å²) >= 11 is 0. The highest BCUT2D eigenvalue weighted by atomic mass is 16.5. The second-order valence-electron chi connectivity index (χ2n) is 3.60. The van der Waals surface area contributed by atoms with Gasteiger partial charge in [0.25, 0.3) is 0 Å². The van der Waals surface area contributed by atoms with Crippen LogP contribution in [0.1, 0.15) is 12.8 Å². The number of methoxy groups -OCH3 is 2. The molecular weight excluding hydrogens is 228 g/mol. The molecule has 4 N–H and O–H groups in total. The Morgan fingerprint density at radius 3 is 2.53 bits per heavy atom. The minimum atomic E-state index is -0.970.